The number of hydrogen-bond donors (Lipinski definition) is 2. The Morgan fingerprint density at radius 3 is 2.94 bits per heavy atom. The number of benzene rings is 1. The lowest BCUT2D eigenvalue weighted by molar-refractivity contribution is 0.143. The first-order chi connectivity index (χ1) is 16.6. The molecule has 0 bridgehead atoms. The molecule has 1 aromatic carbocycles. The molecule has 1 aliphatic heterocycles. The Labute approximate surface area is 195 Å². The van der Waals surface area contributed by atoms with Gasteiger partial charge in [-0.15, -0.1) is 0 Å². The Morgan fingerprint density at radius 2 is 2.09 bits per heavy atom. The van der Waals surface area contributed by atoms with Crippen molar-refractivity contribution in [3.63, 3.8) is 0 Å². The van der Waals surface area contributed by atoms with Crippen molar-refractivity contribution in [2.75, 3.05) is 19.1 Å². The fourth-order valence-electron chi connectivity index (χ4n) is 3.76. The number of fused-ring (bicyclic) bond motifs is 2. The van der Waals surface area contributed by atoms with Gasteiger partial charge in [0.15, 0.2) is 28.8 Å². The minimum absolute atomic E-state index is 0.220. The molecule has 0 spiro atoms. The van der Waals surface area contributed by atoms with Crippen molar-refractivity contribution in [1.82, 2.24) is 29.4 Å². The number of nitrogen functional groups attached to an aromatic ring is 1. The van der Waals surface area contributed by atoms with Gasteiger partial charge in [0.1, 0.15) is 5.52 Å². The minimum Gasteiger partial charge on any atom is -0.454 e. The summed E-state index contributed by atoms with van der Waals surface area (Å²) in [4.78, 5) is 25.4. The molecule has 3 N–H and O–H groups in total. The van der Waals surface area contributed by atoms with Gasteiger partial charge in [-0.1, -0.05) is 6.07 Å². The fourth-order valence-corrected chi connectivity index (χ4v) is 3.76. The normalized spacial score (nSPS) is 12.3. The second kappa shape index (κ2) is 9.30. The first kappa shape index (κ1) is 21.6. The van der Waals surface area contributed by atoms with Crippen molar-refractivity contribution in [2.24, 2.45) is 7.05 Å². The number of anilines is 1. The van der Waals surface area contributed by atoms with E-state index in [0.29, 0.717) is 60.4 Å². The predicted molar refractivity (Wildman–Crippen MR) is 124 cm³/mol. The molecule has 176 valence electrons. The quantitative estimate of drug-likeness (QED) is 0.381. The highest BCUT2D eigenvalue weighted by atomic mass is 16.7. The number of nitrogens with two attached hydrogens (primary N) is 1. The van der Waals surface area contributed by atoms with Gasteiger partial charge in [0, 0.05) is 26.3 Å². The number of carbonyl (C=O) groups is 1. The Balaban J connectivity index is 1.10. The van der Waals surface area contributed by atoms with E-state index in [4.69, 9.17) is 19.9 Å². The van der Waals surface area contributed by atoms with Gasteiger partial charge in [-0.3, -0.25) is 0 Å². The van der Waals surface area contributed by atoms with Gasteiger partial charge in [0.2, 0.25) is 6.79 Å². The molecule has 0 radical (unpaired) electrons. The Hall–Kier alpha value is -4.28. The van der Waals surface area contributed by atoms with Crippen molar-refractivity contribution < 1.29 is 19.0 Å². The van der Waals surface area contributed by atoms with Crippen LogP contribution in [0.25, 0.3) is 22.7 Å². The Kier molecular flexibility index (Phi) is 5.90. The van der Waals surface area contributed by atoms with Gasteiger partial charge in [-0.05, 0) is 42.7 Å². The number of ether oxygens (including phenoxy) is 3. The molecule has 34 heavy (non-hydrogen) atoms. The van der Waals surface area contributed by atoms with E-state index in [9.17, 15) is 4.79 Å². The van der Waals surface area contributed by atoms with E-state index >= 15 is 0 Å². The molecular formula is C23H25N7O4. The van der Waals surface area contributed by atoms with Gasteiger partial charge in [0.25, 0.3) is 0 Å². The summed E-state index contributed by atoms with van der Waals surface area (Å²) in [6, 6.07) is 9.42. The van der Waals surface area contributed by atoms with E-state index in [1.165, 1.54) is 0 Å². The van der Waals surface area contributed by atoms with Crippen molar-refractivity contribution in [1.29, 1.82) is 0 Å². The van der Waals surface area contributed by atoms with Crippen LogP contribution >= 0.6 is 0 Å². The molecule has 4 heterocycles. The molecule has 0 aliphatic carbocycles. The number of aryl methyl sites for hydroxylation is 2. The van der Waals surface area contributed by atoms with Crippen LogP contribution in [-0.2, 0) is 24.9 Å². The summed E-state index contributed by atoms with van der Waals surface area (Å²) in [6.07, 6.45) is 4.66. The topological polar surface area (TPSA) is 131 Å². The maximum Gasteiger partial charge on any atom is 0.407 e. The average molecular weight is 463 g/mol. The number of hydrogen-bond acceptors (Lipinski definition) is 8. The van der Waals surface area contributed by atoms with Crippen molar-refractivity contribution in [3.8, 4) is 23.0 Å². The van der Waals surface area contributed by atoms with Gasteiger partial charge in [-0.25, -0.2) is 19.7 Å². The van der Waals surface area contributed by atoms with Crippen LogP contribution in [0, 0.1) is 0 Å². The Bertz CT molecular complexity index is 1330. The SMILES string of the molecule is Cn1cccc1-c1nc(N)c2ncn(CCCCOC(=O)NCc3ccc4c(c3)OCO4)c2n1. The molecule has 5 rings (SSSR count). The van der Waals surface area contributed by atoms with Gasteiger partial charge in [-0.2, -0.15) is 0 Å². The first-order valence-electron chi connectivity index (χ1n) is 11.0. The lowest BCUT2D eigenvalue weighted by Crippen LogP contribution is -2.24. The molecule has 3 aromatic heterocycles. The highest BCUT2D eigenvalue weighted by molar-refractivity contribution is 5.83. The number of carbonyl (C=O) groups excluding carboxylic acids is 1. The summed E-state index contributed by atoms with van der Waals surface area (Å²) >= 11 is 0. The zero-order valence-electron chi connectivity index (χ0n) is 18.7. The Morgan fingerprint density at radius 1 is 1.21 bits per heavy atom. The zero-order chi connectivity index (χ0) is 23.5. The maximum absolute atomic E-state index is 12.0. The smallest absolute Gasteiger partial charge is 0.407 e. The summed E-state index contributed by atoms with van der Waals surface area (Å²) in [6.45, 7) is 1.55. The number of aromatic nitrogens is 5. The van der Waals surface area contributed by atoms with Crippen LogP contribution in [0.1, 0.15) is 18.4 Å². The van der Waals surface area contributed by atoms with Crippen molar-refractivity contribution in [3.05, 3.63) is 48.4 Å². The van der Waals surface area contributed by atoms with Crippen LogP contribution in [0.3, 0.4) is 0 Å². The van der Waals surface area contributed by atoms with Crippen LogP contribution in [0.15, 0.2) is 42.9 Å². The van der Waals surface area contributed by atoms with E-state index in [-0.39, 0.29) is 6.79 Å². The van der Waals surface area contributed by atoms with E-state index in [1.807, 2.05) is 52.7 Å². The highest BCUT2D eigenvalue weighted by Gasteiger charge is 2.15. The molecule has 0 atom stereocenters. The zero-order valence-corrected chi connectivity index (χ0v) is 18.7. The number of imidazole rings is 1. The highest BCUT2D eigenvalue weighted by Crippen LogP contribution is 2.32. The monoisotopic (exact) mass is 463 g/mol. The van der Waals surface area contributed by atoms with E-state index < -0.39 is 6.09 Å². The van der Waals surface area contributed by atoms with Crippen LogP contribution in [0.2, 0.25) is 0 Å². The number of unbranched alkanes of at least 4 members (excludes halogenated alkanes) is 1. The van der Waals surface area contributed by atoms with Crippen LogP contribution in [-0.4, -0.2) is 43.6 Å². The standard InChI is InChI=1S/C23H25N7O4/c1-29-8-4-5-16(29)21-27-20(24)19-22(28-21)30(13-26-19)9-2-3-10-32-23(31)25-12-15-6-7-17-18(11-15)34-14-33-17/h4-8,11,13H,2-3,9-10,12,14H2,1H3,(H,25,31)(H2,24,27,28). The third-order valence-electron chi connectivity index (χ3n) is 5.56. The summed E-state index contributed by atoms with van der Waals surface area (Å²) in [5, 5.41) is 2.74. The third-order valence-corrected chi connectivity index (χ3v) is 5.56. The summed E-state index contributed by atoms with van der Waals surface area (Å²) in [7, 11) is 1.93. The summed E-state index contributed by atoms with van der Waals surface area (Å²) in [5.74, 6) is 2.30. The van der Waals surface area contributed by atoms with E-state index in [0.717, 1.165) is 17.7 Å². The second-order valence-electron chi connectivity index (χ2n) is 7.93. The van der Waals surface area contributed by atoms with Crippen molar-refractivity contribution >= 4 is 23.1 Å². The molecule has 0 saturated carbocycles. The molecule has 4 aromatic rings. The molecule has 11 nitrogen and oxygen atoms in total. The molecule has 11 heteroatoms. The number of amides is 1. The molecule has 1 aliphatic rings. The molecule has 1 amide bonds. The largest absolute Gasteiger partial charge is 0.454 e. The number of alkyl carbamates (subject to hydrolysis) is 1. The predicted octanol–water partition coefficient (Wildman–Crippen LogP) is 2.85. The summed E-state index contributed by atoms with van der Waals surface area (Å²) in [5.41, 5.74) is 9.17. The molecule has 0 saturated heterocycles. The van der Waals surface area contributed by atoms with E-state index in [1.54, 1.807) is 6.33 Å². The van der Waals surface area contributed by atoms with Crippen LogP contribution in [0.5, 0.6) is 11.5 Å². The summed E-state index contributed by atoms with van der Waals surface area (Å²) < 4.78 is 19.8. The number of nitrogens with zero attached hydrogens (tertiary/aromatic N) is 5. The second-order valence-corrected chi connectivity index (χ2v) is 7.93. The number of rotatable bonds is 8. The van der Waals surface area contributed by atoms with Crippen LogP contribution in [0.4, 0.5) is 10.6 Å². The first-order valence-corrected chi connectivity index (χ1v) is 11.0. The lowest BCUT2D eigenvalue weighted by Gasteiger charge is -2.09. The molecule has 0 unspecified atom stereocenters. The van der Waals surface area contributed by atoms with E-state index in [2.05, 4.69) is 20.3 Å². The van der Waals surface area contributed by atoms with Gasteiger partial charge in [0.05, 0.1) is 18.6 Å². The minimum atomic E-state index is -0.460. The molecule has 0 fully saturated rings. The van der Waals surface area contributed by atoms with Crippen molar-refractivity contribution in [2.45, 2.75) is 25.9 Å². The third kappa shape index (κ3) is 4.45. The van der Waals surface area contributed by atoms with Gasteiger partial charge >= 0.3 is 6.09 Å². The molecular weight excluding hydrogens is 438 g/mol. The van der Waals surface area contributed by atoms with Gasteiger partial charge < -0.3 is 34.4 Å². The van der Waals surface area contributed by atoms with Crippen LogP contribution < -0.4 is 20.5 Å². The fraction of sp³-hybridized carbons (Fsp3) is 0.304. The lowest BCUT2D eigenvalue weighted by atomic mass is 10.2. The maximum atomic E-state index is 12.0. The average Bonchev–Trinajstić information content (AvgIpc) is 3.57. The number of nitrogens with one attached hydrogen (secondary N) is 1.